The molecule has 4 aromatic rings. The normalized spacial score (nSPS) is 17.4. The molecule has 2 radical (unpaired) electrons. The lowest BCUT2D eigenvalue weighted by Crippen LogP contribution is -2.48. The number of rotatable bonds is 9. The first-order valence-corrected chi connectivity index (χ1v) is 14.8. The molecule has 0 spiro atoms. The Hall–Kier alpha value is -2.82. The maximum Gasteiger partial charge on any atom is 0.380 e. The number of hydrogen-bond donors (Lipinski definition) is 1. The van der Waals surface area contributed by atoms with Gasteiger partial charge in [0.05, 0.1) is 7.85 Å². The number of hydrogen-bond acceptors (Lipinski definition) is 3. The van der Waals surface area contributed by atoms with Crippen LogP contribution in [0.2, 0.25) is 6.32 Å². The topological polar surface area (TPSA) is 26.0 Å². The summed E-state index contributed by atoms with van der Waals surface area (Å²) in [7, 11) is 5.55. The summed E-state index contributed by atoms with van der Waals surface area (Å²) < 4.78 is 91.2. The summed E-state index contributed by atoms with van der Waals surface area (Å²) in [6, 6.07) is 17.0. The zero-order valence-corrected chi connectivity index (χ0v) is 23.8. The van der Waals surface area contributed by atoms with Gasteiger partial charge in [0.1, 0.15) is 0 Å². The van der Waals surface area contributed by atoms with Gasteiger partial charge in [-0.2, -0.15) is 26.3 Å². The van der Waals surface area contributed by atoms with E-state index < -0.39 is 28.9 Å². The van der Waals surface area contributed by atoms with Gasteiger partial charge in [0, 0.05) is 32.3 Å². The van der Waals surface area contributed by atoms with Crippen LogP contribution in [0.5, 0.6) is 0 Å². The van der Waals surface area contributed by atoms with Gasteiger partial charge >= 0.3 is 17.8 Å². The Balaban J connectivity index is 1.59. The third kappa shape index (κ3) is 5.08. The van der Waals surface area contributed by atoms with E-state index in [0.29, 0.717) is 33.7 Å². The van der Waals surface area contributed by atoms with Crippen molar-refractivity contribution in [2.24, 2.45) is 5.73 Å². The molecule has 1 aliphatic rings. The van der Waals surface area contributed by atoms with Crippen LogP contribution < -0.4 is 5.73 Å². The fourth-order valence-corrected chi connectivity index (χ4v) is 7.00. The van der Waals surface area contributed by atoms with Crippen LogP contribution in [0.4, 0.5) is 26.3 Å². The van der Waals surface area contributed by atoms with Crippen LogP contribution in [0.1, 0.15) is 40.0 Å². The smallest absolute Gasteiger partial charge is 0.326 e. The molecule has 1 aliphatic carbocycles. The second-order valence-corrected chi connectivity index (χ2v) is 12.3. The van der Waals surface area contributed by atoms with E-state index >= 15 is 17.6 Å². The lowest BCUT2D eigenvalue weighted by Gasteiger charge is -2.25. The van der Waals surface area contributed by atoms with Crippen LogP contribution in [0, 0.1) is 6.92 Å². The number of allylic oxidation sites excluding steroid dienone is 2. The SMILES string of the molecule is [B]CCCCc1ccc(-c2cc(C3=C(c4csc(-c5ccc(CN)cc5)c4)C(F)(F)C(F)(F)C3(F)F)c(C)s2)cc1. The molecule has 0 amide bonds. The minimum absolute atomic E-state index is 0.250. The molecule has 0 saturated heterocycles. The first-order valence-electron chi connectivity index (χ1n) is 13.1. The standard InChI is InChI=1S/C31H26BF6NS2/c1-18-24(15-26(41-18)22-9-5-19(6-10-22)4-2-3-13-32)28-27(29(33,34)31(37,38)30(28,35)36)23-14-25(40-17-23)21-11-7-20(16-39)8-12-21/h5-12,14-15,17H,2-4,13,16,39H2,1H3. The van der Waals surface area contributed by atoms with Crippen molar-refractivity contribution in [3.63, 3.8) is 0 Å². The van der Waals surface area contributed by atoms with E-state index in [4.69, 9.17) is 13.6 Å². The third-order valence-electron chi connectivity index (χ3n) is 7.37. The van der Waals surface area contributed by atoms with Crippen LogP contribution in [0.15, 0.2) is 66.0 Å². The van der Waals surface area contributed by atoms with E-state index in [-0.39, 0.29) is 16.0 Å². The Kier molecular flexibility index (Phi) is 8.04. The summed E-state index contributed by atoms with van der Waals surface area (Å²) in [5.74, 6) is -15.8. The average Bonchev–Trinajstić information content (AvgIpc) is 3.60. The van der Waals surface area contributed by atoms with Crippen molar-refractivity contribution in [1.82, 2.24) is 0 Å². The second kappa shape index (κ2) is 11.1. The zero-order valence-electron chi connectivity index (χ0n) is 22.1. The molecule has 2 aromatic carbocycles. The number of aryl methyl sites for hydroxylation is 2. The first kappa shape index (κ1) is 29.7. The highest BCUT2D eigenvalue weighted by atomic mass is 32.1. The predicted octanol–water partition coefficient (Wildman–Crippen LogP) is 9.65. The molecule has 2 aromatic heterocycles. The number of halogens is 6. The maximum atomic E-state index is 15.4. The molecular weight excluding hydrogens is 575 g/mol. The average molecular weight is 601 g/mol. The van der Waals surface area contributed by atoms with Crippen molar-refractivity contribution in [1.29, 1.82) is 0 Å². The van der Waals surface area contributed by atoms with Crippen LogP contribution >= 0.6 is 22.7 Å². The number of benzene rings is 2. The summed E-state index contributed by atoms with van der Waals surface area (Å²) in [6.07, 6.45) is 3.25. The Bertz CT molecular complexity index is 1570. The fourth-order valence-electron chi connectivity index (χ4n) is 5.06. The molecule has 2 heterocycles. The molecule has 10 heteroatoms. The van der Waals surface area contributed by atoms with Crippen molar-refractivity contribution in [3.05, 3.63) is 93.2 Å². The van der Waals surface area contributed by atoms with Gasteiger partial charge < -0.3 is 5.73 Å². The summed E-state index contributed by atoms with van der Waals surface area (Å²) in [4.78, 5) is 1.26. The van der Waals surface area contributed by atoms with Crippen molar-refractivity contribution in [2.75, 3.05) is 0 Å². The van der Waals surface area contributed by atoms with E-state index in [2.05, 4.69) is 0 Å². The summed E-state index contributed by atoms with van der Waals surface area (Å²) >= 11 is 2.13. The molecule has 0 fully saturated rings. The van der Waals surface area contributed by atoms with Gasteiger partial charge in [-0.05, 0) is 70.7 Å². The monoisotopic (exact) mass is 601 g/mol. The van der Waals surface area contributed by atoms with E-state index in [1.807, 2.05) is 24.3 Å². The van der Waals surface area contributed by atoms with Crippen molar-refractivity contribution >= 4 is 41.7 Å². The van der Waals surface area contributed by atoms with Crippen molar-refractivity contribution in [2.45, 2.75) is 56.8 Å². The molecule has 2 N–H and O–H groups in total. The molecule has 0 unspecified atom stereocenters. The molecule has 0 saturated carbocycles. The predicted molar refractivity (Wildman–Crippen MR) is 157 cm³/mol. The maximum absolute atomic E-state index is 15.4. The van der Waals surface area contributed by atoms with Crippen LogP contribution in [-0.4, -0.2) is 25.6 Å². The van der Waals surface area contributed by atoms with Crippen molar-refractivity contribution < 1.29 is 26.3 Å². The van der Waals surface area contributed by atoms with Gasteiger partial charge in [0.25, 0.3) is 0 Å². The zero-order chi connectivity index (χ0) is 29.6. The molecule has 212 valence electrons. The summed E-state index contributed by atoms with van der Waals surface area (Å²) in [6.45, 7) is 1.79. The second-order valence-electron chi connectivity index (χ2n) is 10.1. The number of nitrogens with two attached hydrogens (primary N) is 1. The van der Waals surface area contributed by atoms with Gasteiger partial charge in [0.15, 0.2) is 0 Å². The minimum atomic E-state index is -5.60. The van der Waals surface area contributed by atoms with E-state index in [9.17, 15) is 8.78 Å². The summed E-state index contributed by atoms with van der Waals surface area (Å²) in [5.41, 5.74) is 5.57. The van der Waals surface area contributed by atoms with Gasteiger partial charge in [-0.3, -0.25) is 0 Å². The lowest BCUT2D eigenvalue weighted by atomic mass is 9.95. The highest BCUT2D eigenvalue weighted by Gasteiger charge is 2.80. The molecule has 41 heavy (non-hydrogen) atoms. The molecule has 0 bridgehead atoms. The highest BCUT2D eigenvalue weighted by Crippen LogP contribution is 2.65. The Labute approximate surface area is 244 Å². The number of thiophene rings is 2. The number of alkyl halides is 6. The van der Waals surface area contributed by atoms with Crippen LogP contribution in [0.3, 0.4) is 0 Å². The van der Waals surface area contributed by atoms with Gasteiger partial charge in [0.2, 0.25) is 0 Å². The molecule has 5 rings (SSSR count). The Morgan fingerprint density at radius 1 is 0.732 bits per heavy atom. The van der Waals surface area contributed by atoms with E-state index in [0.717, 1.165) is 53.1 Å². The van der Waals surface area contributed by atoms with E-state index in [1.54, 1.807) is 24.3 Å². The van der Waals surface area contributed by atoms with Gasteiger partial charge in [-0.1, -0.05) is 61.3 Å². The van der Waals surface area contributed by atoms with Crippen LogP contribution in [0.25, 0.3) is 32.0 Å². The third-order valence-corrected chi connectivity index (χ3v) is 9.45. The van der Waals surface area contributed by atoms with Crippen molar-refractivity contribution in [3.8, 4) is 20.9 Å². The lowest BCUT2D eigenvalue weighted by molar-refractivity contribution is -0.254. The number of unbranched alkanes of at least 4 members (excludes halogenated alkanes) is 1. The van der Waals surface area contributed by atoms with E-state index in [1.165, 1.54) is 24.4 Å². The molecule has 0 aliphatic heterocycles. The molecule has 1 nitrogen and oxygen atoms in total. The highest BCUT2D eigenvalue weighted by molar-refractivity contribution is 7.15. The van der Waals surface area contributed by atoms with Crippen LogP contribution in [-0.2, 0) is 13.0 Å². The first-order chi connectivity index (χ1) is 19.4. The van der Waals surface area contributed by atoms with Gasteiger partial charge in [-0.25, -0.2) is 0 Å². The Morgan fingerprint density at radius 2 is 1.32 bits per heavy atom. The minimum Gasteiger partial charge on any atom is -0.326 e. The van der Waals surface area contributed by atoms with Gasteiger partial charge in [-0.15, -0.1) is 22.7 Å². The molecule has 0 atom stereocenters. The fraction of sp³-hybridized carbons (Fsp3) is 0.290. The summed E-state index contributed by atoms with van der Waals surface area (Å²) in [5, 5.41) is 1.24. The molecular formula is C31H26BF6NS2. The Morgan fingerprint density at radius 3 is 1.93 bits per heavy atom. The largest absolute Gasteiger partial charge is 0.380 e. The quantitative estimate of drug-likeness (QED) is 0.115.